The van der Waals surface area contributed by atoms with Gasteiger partial charge in [-0.25, -0.2) is 9.78 Å². The molecule has 0 spiro atoms. The molecule has 0 atom stereocenters. The van der Waals surface area contributed by atoms with Crippen LogP contribution in [0, 0.1) is 21.4 Å². The second-order valence-electron chi connectivity index (χ2n) is 7.17. The van der Waals surface area contributed by atoms with Gasteiger partial charge in [-0.05, 0) is 35.0 Å². The van der Waals surface area contributed by atoms with Gasteiger partial charge in [0.1, 0.15) is 16.7 Å². The normalized spacial score (nSPS) is 11.5. The van der Waals surface area contributed by atoms with Crippen molar-refractivity contribution in [1.29, 1.82) is 5.26 Å². The fourth-order valence-electron chi connectivity index (χ4n) is 3.64. The number of thiazole rings is 1. The fraction of sp³-hybridized carbons (Fsp3) is 0. The monoisotopic (exact) mass is 451 g/mol. The van der Waals surface area contributed by atoms with E-state index < -0.39 is 10.5 Å². The summed E-state index contributed by atoms with van der Waals surface area (Å²) < 4.78 is 5.54. The molecule has 0 unspecified atom stereocenters. The Labute approximate surface area is 190 Å². The molecule has 0 bridgehead atoms. The van der Waals surface area contributed by atoms with Crippen LogP contribution in [0.1, 0.15) is 10.6 Å². The van der Waals surface area contributed by atoms with E-state index in [2.05, 4.69) is 11.1 Å². The largest absolute Gasteiger partial charge is 0.422 e. The smallest absolute Gasteiger partial charge is 0.345 e. The molecular weight excluding hydrogens is 438 g/mol. The zero-order valence-corrected chi connectivity index (χ0v) is 17.7. The second-order valence-corrected chi connectivity index (χ2v) is 8.03. The summed E-state index contributed by atoms with van der Waals surface area (Å²) in [6.07, 6.45) is 1.43. The van der Waals surface area contributed by atoms with E-state index >= 15 is 0 Å². The Morgan fingerprint density at radius 3 is 2.70 bits per heavy atom. The van der Waals surface area contributed by atoms with Gasteiger partial charge in [0.05, 0.1) is 27.3 Å². The molecule has 2 aromatic heterocycles. The first-order chi connectivity index (χ1) is 16.0. The Kier molecular flexibility index (Phi) is 5.01. The van der Waals surface area contributed by atoms with Gasteiger partial charge in [0.2, 0.25) is 0 Å². The average molecular weight is 451 g/mol. The summed E-state index contributed by atoms with van der Waals surface area (Å²) >= 11 is 1.18. The van der Waals surface area contributed by atoms with Crippen molar-refractivity contribution in [3.8, 4) is 17.3 Å². The number of rotatable bonds is 4. The third-order valence-corrected chi connectivity index (χ3v) is 6.08. The van der Waals surface area contributed by atoms with Crippen LogP contribution in [0.3, 0.4) is 0 Å². The molecule has 8 heteroatoms. The number of para-hydroxylation sites is 1. The molecule has 0 aliphatic rings. The Morgan fingerprint density at radius 1 is 1.09 bits per heavy atom. The van der Waals surface area contributed by atoms with Crippen LogP contribution < -0.4 is 5.63 Å². The van der Waals surface area contributed by atoms with Crippen molar-refractivity contribution < 1.29 is 9.34 Å². The average Bonchev–Trinajstić information content (AvgIpc) is 3.32. The first kappa shape index (κ1) is 20.3. The first-order valence-corrected chi connectivity index (χ1v) is 10.7. The van der Waals surface area contributed by atoms with Gasteiger partial charge in [-0.15, -0.1) is 11.3 Å². The van der Waals surface area contributed by atoms with Crippen LogP contribution >= 0.6 is 11.3 Å². The lowest BCUT2D eigenvalue weighted by Gasteiger charge is -2.04. The molecule has 0 saturated heterocycles. The maximum Gasteiger partial charge on any atom is 0.345 e. The molecule has 0 saturated carbocycles. The topological polar surface area (TPSA) is 110 Å². The lowest BCUT2D eigenvalue weighted by molar-refractivity contribution is -0.385. The van der Waals surface area contributed by atoms with Crippen molar-refractivity contribution in [2.24, 2.45) is 0 Å². The van der Waals surface area contributed by atoms with Gasteiger partial charge >= 0.3 is 5.63 Å². The van der Waals surface area contributed by atoms with E-state index in [4.69, 9.17) is 4.42 Å². The van der Waals surface area contributed by atoms with Crippen LogP contribution in [0.4, 0.5) is 5.69 Å². The minimum atomic E-state index is -0.532. The number of allylic oxidation sites excluding steroid dienone is 1. The third kappa shape index (κ3) is 3.67. The van der Waals surface area contributed by atoms with Gasteiger partial charge in [0, 0.05) is 16.8 Å². The van der Waals surface area contributed by atoms with Crippen molar-refractivity contribution in [1.82, 2.24) is 4.98 Å². The molecule has 33 heavy (non-hydrogen) atoms. The fourth-order valence-corrected chi connectivity index (χ4v) is 4.43. The lowest BCUT2D eigenvalue weighted by Crippen LogP contribution is -2.03. The van der Waals surface area contributed by atoms with Crippen LogP contribution in [0.15, 0.2) is 81.3 Å². The summed E-state index contributed by atoms with van der Waals surface area (Å²) in [5, 5.41) is 25.7. The summed E-state index contributed by atoms with van der Waals surface area (Å²) in [5.74, 6) is 0. The van der Waals surface area contributed by atoms with Gasteiger partial charge in [0.25, 0.3) is 5.69 Å². The standard InChI is InChI=1S/C25H13N3O4S/c26-13-17(11-16-6-2-4-8-22(16)28(30)31)24-27-21(14-33-24)20-12-19-18-7-3-1-5-15(18)9-10-23(19)32-25(20)29/h1-12,14H. The molecule has 0 aliphatic heterocycles. The van der Waals surface area contributed by atoms with Gasteiger partial charge in [0.15, 0.2) is 0 Å². The molecule has 2 heterocycles. The number of aromatic nitrogens is 1. The van der Waals surface area contributed by atoms with Crippen LogP contribution in [0.2, 0.25) is 0 Å². The summed E-state index contributed by atoms with van der Waals surface area (Å²) in [7, 11) is 0. The third-order valence-electron chi connectivity index (χ3n) is 5.21. The van der Waals surface area contributed by atoms with E-state index in [9.17, 15) is 20.2 Å². The summed E-state index contributed by atoms with van der Waals surface area (Å²) in [4.78, 5) is 27.9. The highest BCUT2D eigenvalue weighted by molar-refractivity contribution is 7.11. The molecule has 3 aromatic carbocycles. The molecule has 0 amide bonds. The van der Waals surface area contributed by atoms with E-state index in [1.54, 1.807) is 35.7 Å². The summed E-state index contributed by atoms with van der Waals surface area (Å²) in [5.41, 5.74) is 0.960. The first-order valence-electron chi connectivity index (χ1n) is 9.82. The predicted octanol–water partition coefficient (Wildman–Crippen LogP) is 6.04. The van der Waals surface area contributed by atoms with Gasteiger partial charge < -0.3 is 4.42 Å². The molecule has 0 radical (unpaired) electrons. The number of fused-ring (bicyclic) bond motifs is 3. The van der Waals surface area contributed by atoms with Crippen molar-refractivity contribution in [3.05, 3.63) is 103 Å². The maximum absolute atomic E-state index is 12.7. The Morgan fingerprint density at radius 2 is 1.88 bits per heavy atom. The van der Waals surface area contributed by atoms with E-state index in [0.29, 0.717) is 21.8 Å². The van der Waals surface area contributed by atoms with Gasteiger partial charge in [-0.2, -0.15) is 5.26 Å². The quantitative estimate of drug-likeness (QED) is 0.108. The van der Waals surface area contributed by atoms with E-state index in [-0.39, 0.29) is 16.8 Å². The van der Waals surface area contributed by atoms with E-state index in [0.717, 1.165) is 16.2 Å². The van der Waals surface area contributed by atoms with E-state index in [1.165, 1.54) is 23.5 Å². The van der Waals surface area contributed by atoms with Crippen molar-refractivity contribution in [2.75, 3.05) is 0 Å². The number of hydrogen-bond donors (Lipinski definition) is 0. The van der Waals surface area contributed by atoms with Crippen LogP contribution in [-0.2, 0) is 0 Å². The minimum absolute atomic E-state index is 0.107. The predicted molar refractivity (Wildman–Crippen MR) is 128 cm³/mol. The highest BCUT2D eigenvalue weighted by Gasteiger charge is 2.17. The Balaban J connectivity index is 1.62. The summed E-state index contributed by atoms with van der Waals surface area (Å²) in [6.45, 7) is 0. The number of nitrogens with zero attached hydrogens (tertiary/aromatic N) is 3. The number of benzene rings is 3. The Bertz CT molecular complexity index is 1690. The second kappa shape index (κ2) is 8.15. The van der Waals surface area contributed by atoms with Gasteiger partial charge in [-0.1, -0.05) is 42.5 Å². The van der Waals surface area contributed by atoms with E-state index in [1.807, 2.05) is 30.3 Å². The van der Waals surface area contributed by atoms with Crippen molar-refractivity contribution in [2.45, 2.75) is 0 Å². The summed E-state index contributed by atoms with van der Waals surface area (Å²) in [6, 6.07) is 21.4. The Hall–Kier alpha value is -4.61. The van der Waals surface area contributed by atoms with Crippen LogP contribution in [-0.4, -0.2) is 9.91 Å². The van der Waals surface area contributed by atoms with Crippen LogP contribution in [0.5, 0.6) is 0 Å². The SMILES string of the molecule is N#CC(=Cc1ccccc1[N+](=O)[O-])c1nc(-c2cc3c(ccc4ccccc43)oc2=O)cs1. The molecule has 158 valence electrons. The highest BCUT2D eigenvalue weighted by Crippen LogP contribution is 2.31. The molecular formula is C25H13N3O4S. The molecule has 0 aliphatic carbocycles. The zero-order valence-electron chi connectivity index (χ0n) is 16.9. The lowest BCUT2D eigenvalue weighted by atomic mass is 10.0. The highest BCUT2D eigenvalue weighted by atomic mass is 32.1. The number of nitriles is 1. The van der Waals surface area contributed by atoms with Crippen LogP contribution in [0.25, 0.3) is 44.6 Å². The minimum Gasteiger partial charge on any atom is -0.422 e. The molecule has 0 fully saturated rings. The zero-order chi connectivity index (χ0) is 22.9. The molecule has 5 aromatic rings. The van der Waals surface area contributed by atoms with Crippen molar-refractivity contribution >= 4 is 50.4 Å². The molecule has 5 rings (SSSR count). The number of nitro benzene ring substituents is 1. The number of nitro groups is 1. The molecule has 7 nitrogen and oxygen atoms in total. The maximum atomic E-state index is 12.7. The molecule has 0 N–H and O–H groups in total. The van der Waals surface area contributed by atoms with Crippen molar-refractivity contribution in [3.63, 3.8) is 0 Å². The van der Waals surface area contributed by atoms with Gasteiger partial charge in [-0.3, -0.25) is 10.1 Å². The number of hydrogen-bond acceptors (Lipinski definition) is 7.